The van der Waals surface area contributed by atoms with Crippen LogP contribution in [0.25, 0.3) is 0 Å². The standard InChI is InChI=1S/C24H27F6N5O2/c1-15(33-20-12-31-6-4-19(20)24(28,29)30)14-37-9-5-21(36)34-7-8-35-18(13-34)3-2-16-10-17(23(25,26)27)11-32-22(16)35/h4,6,10-12,15,18,33H,2-3,5,7-9,13-14H2,1H3/t15-,18+/m0/s1. The third-order valence-electron chi connectivity index (χ3n) is 6.48. The van der Waals surface area contributed by atoms with Gasteiger partial charge in [0.1, 0.15) is 5.82 Å². The molecule has 7 nitrogen and oxygen atoms in total. The molecule has 0 aromatic carbocycles. The van der Waals surface area contributed by atoms with Gasteiger partial charge in [-0.25, -0.2) is 4.98 Å². The van der Waals surface area contributed by atoms with Crippen molar-refractivity contribution in [2.75, 3.05) is 43.1 Å². The molecule has 2 atom stereocenters. The number of nitrogens with zero attached hydrogens (tertiary/aromatic N) is 4. The number of carbonyl (C=O) groups excluding carboxylic acids is 1. The van der Waals surface area contributed by atoms with Gasteiger partial charge in [0.25, 0.3) is 0 Å². The highest BCUT2D eigenvalue weighted by Crippen LogP contribution is 2.36. The topological polar surface area (TPSA) is 70.6 Å². The molecule has 0 unspecified atom stereocenters. The number of hydrogen-bond donors (Lipinski definition) is 1. The number of anilines is 2. The van der Waals surface area contributed by atoms with E-state index in [0.717, 1.165) is 30.7 Å². The lowest BCUT2D eigenvalue weighted by atomic mass is 9.95. The molecule has 0 aliphatic carbocycles. The number of hydrogen-bond acceptors (Lipinski definition) is 6. The van der Waals surface area contributed by atoms with E-state index in [0.29, 0.717) is 43.9 Å². The van der Waals surface area contributed by atoms with Gasteiger partial charge in [-0.3, -0.25) is 9.78 Å². The highest BCUT2D eigenvalue weighted by Gasteiger charge is 2.37. The molecule has 202 valence electrons. The van der Waals surface area contributed by atoms with Crippen LogP contribution in [0.4, 0.5) is 37.8 Å². The van der Waals surface area contributed by atoms with Crippen LogP contribution in [-0.2, 0) is 28.3 Å². The summed E-state index contributed by atoms with van der Waals surface area (Å²) in [5, 5.41) is 2.74. The highest BCUT2D eigenvalue weighted by molar-refractivity contribution is 5.76. The molecule has 37 heavy (non-hydrogen) atoms. The molecule has 0 bridgehead atoms. The Kier molecular flexibility index (Phi) is 7.81. The van der Waals surface area contributed by atoms with E-state index in [1.807, 2.05) is 4.90 Å². The third kappa shape index (κ3) is 6.43. The van der Waals surface area contributed by atoms with E-state index < -0.39 is 29.5 Å². The van der Waals surface area contributed by atoms with Gasteiger partial charge in [0.05, 0.1) is 42.6 Å². The number of carbonyl (C=O) groups is 1. The monoisotopic (exact) mass is 531 g/mol. The number of pyridine rings is 2. The largest absolute Gasteiger partial charge is 0.418 e. The van der Waals surface area contributed by atoms with Crippen LogP contribution in [0, 0.1) is 0 Å². The summed E-state index contributed by atoms with van der Waals surface area (Å²) in [7, 11) is 0. The van der Waals surface area contributed by atoms with Gasteiger partial charge in [-0.1, -0.05) is 0 Å². The van der Waals surface area contributed by atoms with Gasteiger partial charge < -0.3 is 19.9 Å². The second kappa shape index (κ2) is 10.7. The van der Waals surface area contributed by atoms with Crippen LogP contribution in [0.5, 0.6) is 0 Å². The Bertz CT molecular complexity index is 1110. The van der Waals surface area contributed by atoms with E-state index in [9.17, 15) is 31.1 Å². The van der Waals surface area contributed by atoms with E-state index >= 15 is 0 Å². The Morgan fingerprint density at radius 3 is 2.70 bits per heavy atom. The van der Waals surface area contributed by atoms with Gasteiger partial charge in [-0.2, -0.15) is 26.3 Å². The first-order valence-corrected chi connectivity index (χ1v) is 11.9. The molecule has 1 N–H and O–H groups in total. The Hall–Kier alpha value is -3.09. The second-order valence-electron chi connectivity index (χ2n) is 9.22. The van der Waals surface area contributed by atoms with Crippen LogP contribution in [0.1, 0.15) is 36.5 Å². The molecular weight excluding hydrogens is 504 g/mol. The molecule has 4 rings (SSSR count). The van der Waals surface area contributed by atoms with E-state index in [2.05, 4.69) is 15.3 Å². The van der Waals surface area contributed by atoms with Crippen LogP contribution in [0.2, 0.25) is 0 Å². The molecule has 2 aromatic rings. The van der Waals surface area contributed by atoms with Gasteiger partial charge >= 0.3 is 12.4 Å². The number of nitrogens with one attached hydrogen (secondary N) is 1. The summed E-state index contributed by atoms with van der Waals surface area (Å²) in [6.07, 6.45) is -4.72. The van der Waals surface area contributed by atoms with E-state index in [4.69, 9.17) is 4.74 Å². The molecule has 2 aliphatic rings. The van der Waals surface area contributed by atoms with Crippen molar-refractivity contribution in [1.29, 1.82) is 0 Å². The number of ether oxygens (including phenoxy) is 1. The summed E-state index contributed by atoms with van der Waals surface area (Å²) < 4.78 is 83.9. The zero-order valence-corrected chi connectivity index (χ0v) is 20.1. The number of alkyl halides is 6. The van der Waals surface area contributed by atoms with E-state index in [1.165, 1.54) is 0 Å². The van der Waals surface area contributed by atoms with Crippen molar-refractivity contribution in [2.45, 2.75) is 50.6 Å². The maximum Gasteiger partial charge on any atom is 0.418 e. The summed E-state index contributed by atoms with van der Waals surface area (Å²) in [6, 6.07) is 1.58. The van der Waals surface area contributed by atoms with Crippen LogP contribution in [0.3, 0.4) is 0 Å². The lowest BCUT2D eigenvalue weighted by molar-refractivity contribution is -0.138. The number of aromatic nitrogens is 2. The van der Waals surface area contributed by atoms with Crippen molar-refractivity contribution in [3.8, 4) is 0 Å². The number of aryl methyl sites for hydroxylation is 1. The van der Waals surface area contributed by atoms with Crippen molar-refractivity contribution in [3.63, 3.8) is 0 Å². The SMILES string of the molecule is C[C@@H](COCCC(=O)N1CCN2c3ncc(C(F)(F)F)cc3CC[C@@H]2C1)Nc1cnccc1C(F)(F)F. The molecule has 4 heterocycles. The molecule has 0 radical (unpaired) electrons. The minimum absolute atomic E-state index is 0.0260. The minimum atomic E-state index is -4.51. The summed E-state index contributed by atoms with van der Waals surface area (Å²) in [5.74, 6) is 0.432. The smallest absolute Gasteiger partial charge is 0.379 e. The quantitative estimate of drug-likeness (QED) is 0.423. The molecule has 13 heteroatoms. The molecule has 1 saturated heterocycles. The Balaban J connectivity index is 1.23. The van der Waals surface area contributed by atoms with Crippen LogP contribution >= 0.6 is 0 Å². The number of fused-ring (bicyclic) bond motifs is 3. The number of rotatable bonds is 7. The normalized spacial score (nSPS) is 18.7. The molecule has 2 aromatic heterocycles. The molecular formula is C24H27F6N5O2. The van der Waals surface area contributed by atoms with Crippen molar-refractivity contribution >= 4 is 17.4 Å². The van der Waals surface area contributed by atoms with Crippen molar-refractivity contribution < 1.29 is 35.9 Å². The first-order chi connectivity index (χ1) is 17.4. The van der Waals surface area contributed by atoms with Crippen LogP contribution in [0.15, 0.2) is 30.7 Å². The Labute approximate surface area is 209 Å². The zero-order chi connectivity index (χ0) is 26.8. The first kappa shape index (κ1) is 27.0. The maximum absolute atomic E-state index is 13.1. The van der Waals surface area contributed by atoms with Gasteiger partial charge in [-0.15, -0.1) is 0 Å². The fourth-order valence-corrected chi connectivity index (χ4v) is 4.67. The molecule has 1 fully saturated rings. The average molecular weight is 532 g/mol. The molecule has 2 aliphatic heterocycles. The van der Waals surface area contributed by atoms with Gasteiger partial charge in [-0.05, 0) is 37.5 Å². The van der Waals surface area contributed by atoms with E-state index in [-0.39, 0.29) is 37.3 Å². The number of halogens is 6. The van der Waals surface area contributed by atoms with Gasteiger partial charge in [0, 0.05) is 44.1 Å². The van der Waals surface area contributed by atoms with Gasteiger partial charge in [0.2, 0.25) is 5.91 Å². The van der Waals surface area contributed by atoms with Crippen molar-refractivity contribution in [1.82, 2.24) is 14.9 Å². The van der Waals surface area contributed by atoms with Crippen LogP contribution < -0.4 is 10.2 Å². The predicted molar refractivity (Wildman–Crippen MR) is 123 cm³/mol. The average Bonchev–Trinajstić information content (AvgIpc) is 2.84. The zero-order valence-electron chi connectivity index (χ0n) is 20.1. The highest BCUT2D eigenvalue weighted by atomic mass is 19.4. The lowest BCUT2D eigenvalue weighted by Crippen LogP contribution is -2.56. The number of amides is 1. The number of piperazine rings is 1. The molecule has 1 amide bonds. The fraction of sp³-hybridized carbons (Fsp3) is 0.542. The lowest BCUT2D eigenvalue weighted by Gasteiger charge is -2.45. The van der Waals surface area contributed by atoms with Crippen molar-refractivity contribution in [3.05, 3.63) is 47.4 Å². The summed E-state index contributed by atoms with van der Waals surface area (Å²) in [5.41, 5.74) is -1.15. The van der Waals surface area contributed by atoms with Crippen molar-refractivity contribution in [2.24, 2.45) is 0 Å². The summed E-state index contributed by atoms with van der Waals surface area (Å²) in [4.78, 5) is 24.2. The third-order valence-corrected chi connectivity index (χ3v) is 6.48. The molecule has 0 spiro atoms. The fourth-order valence-electron chi connectivity index (χ4n) is 4.67. The van der Waals surface area contributed by atoms with Gasteiger partial charge in [0.15, 0.2) is 0 Å². The maximum atomic E-state index is 13.1. The first-order valence-electron chi connectivity index (χ1n) is 11.9. The van der Waals surface area contributed by atoms with E-state index in [1.54, 1.807) is 11.8 Å². The second-order valence-corrected chi connectivity index (χ2v) is 9.22. The Morgan fingerprint density at radius 1 is 1.19 bits per heavy atom. The summed E-state index contributed by atoms with van der Waals surface area (Å²) >= 11 is 0. The Morgan fingerprint density at radius 2 is 1.97 bits per heavy atom. The minimum Gasteiger partial charge on any atom is -0.379 e. The summed E-state index contributed by atoms with van der Waals surface area (Å²) in [6.45, 7) is 3.20. The predicted octanol–water partition coefficient (Wildman–Crippen LogP) is 4.38. The molecule has 0 saturated carbocycles. The van der Waals surface area contributed by atoms with Crippen LogP contribution in [-0.4, -0.2) is 65.7 Å².